The summed E-state index contributed by atoms with van der Waals surface area (Å²) in [6, 6.07) is 8.17. The Kier molecular flexibility index (Phi) is 8.53. The normalized spacial score (nSPS) is 17.0. The van der Waals surface area contributed by atoms with Gasteiger partial charge < -0.3 is 15.2 Å². The topological polar surface area (TPSA) is 59.0 Å². The van der Waals surface area contributed by atoms with Crippen molar-refractivity contribution in [3.63, 3.8) is 0 Å². The number of benzene rings is 1. The van der Waals surface area contributed by atoms with Crippen molar-refractivity contribution in [2.75, 3.05) is 13.1 Å². The smallest absolute Gasteiger partial charge is 0.237 e. The van der Waals surface area contributed by atoms with Gasteiger partial charge in [0.15, 0.2) is 0 Å². The first-order chi connectivity index (χ1) is 10.8. The fourth-order valence-electron chi connectivity index (χ4n) is 3.08. The second-order valence-corrected chi connectivity index (χ2v) is 5.97. The van der Waals surface area contributed by atoms with E-state index in [-0.39, 0.29) is 36.8 Å². The number of hydrogen-bond acceptors (Lipinski definition) is 3. The zero-order valence-electron chi connectivity index (χ0n) is 14.0. The van der Waals surface area contributed by atoms with Gasteiger partial charge in [0.25, 0.3) is 0 Å². The predicted octanol–water partition coefficient (Wildman–Crippen LogP) is 2.61. The molecular formula is C17H26Cl2N4O. The summed E-state index contributed by atoms with van der Waals surface area (Å²) >= 11 is 0. The maximum atomic E-state index is 12.0. The van der Waals surface area contributed by atoms with Crippen molar-refractivity contribution in [3.8, 4) is 0 Å². The van der Waals surface area contributed by atoms with Crippen LogP contribution in [0, 0.1) is 0 Å². The number of hydrogen-bond donors (Lipinski definition) is 2. The van der Waals surface area contributed by atoms with Gasteiger partial charge in [-0.25, -0.2) is 4.98 Å². The number of carbonyl (C=O) groups is 1. The number of carbonyl (C=O) groups excluding carboxylic acids is 1. The average Bonchev–Trinajstić information content (AvgIpc) is 2.89. The van der Waals surface area contributed by atoms with Gasteiger partial charge in [-0.15, -0.1) is 24.8 Å². The molecule has 1 aliphatic heterocycles. The second-order valence-electron chi connectivity index (χ2n) is 5.97. The highest BCUT2D eigenvalue weighted by Crippen LogP contribution is 2.15. The summed E-state index contributed by atoms with van der Waals surface area (Å²) in [6.07, 6.45) is 5.07. The first-order valence-corrected chi connectivity index (χ1v) is 8.17. The van der Waals surface area contributed by atoms with Crippen LogP contribution >= 0.6 is 24.8 Å². The molecule has 1 aromatic heterocycles. The number of piperidine rings is 1. The fourth-order valence-corrected chi connectivity index (χ4v) is 3.08. The van der Waals surface area contributed by atoms with E-state index in [1.54, 1.807) is 0 Å². The zero-order valence-corrected chi connectivity index (χ0v) is 15.6. The standard InChI is InChI=1S/C17H24N4O.2ClH/c1-21-15-9-3-2-7-13(15)20-16(21)10-6-12-19-17(22)14-8-4-5-11-18-14;;/h2-3,7,9,14,18H,4-6,8,10-12H2,1H3,(H,19,22);2*1H/t14-;;/m1../s1. The molecule has 1 aliphatic rings. The highest BCUT2D eigenvalue weighted by Gasteiger charge is 2.19. The van der Waals surface area contributed by atoms with E-state index in [0.29, 0.717) is 6.54 Å². The van der Waals surface area contributed by atoms with Crippen LogP contribution in [-0.4, -0.2) is 34.6 Å². The first-order valence-electron chi connectivity index (χ1n) is 8.17. The van der Waals surface area contributed by atoms with Gasteiger partial charge in [-0.2, -0.15) is 0 Å². The van der Waals surface area contributed by atoms with Crippen molar-refractivity contribution in [1.82, 2.24) is 20.2 Å². The third kappa shape index (κ3) is 4.85. The molecule has 7 heteroatoms. The summed E-state index contributed by atoms with van der Waals surface area (Å²) < 4.78 is 2.14. The van der Waals surface area contributed by atoms with Crippen LogP contribution in [0.4, 0.5) is 0 Å². The SMILES string of the molecule is Cl.Cl.Cn1c(CCCNC(=O)[C@H]2CCCCN2)nc2ccccc21. The van der Waals surface area contributed by atoms with Crippen molar-refractivity contribution in [1.29, 1.82) is 0 Å². The Balaban J connectivity index is 0.00000144. The molecule has 0 aliphatic carbocycles. The van der Waals surface area contributed by atoms with Crippen LogP contribution in [0.3, 0.4) is 0 Å². The Morgan fingerprint density at radius 3 is 2.83 bits per heavy atom. The Hall–Kier alpha value is -1.30. The molecule has 24 heavy (non-hydrogen) atoms. The summed E-state index contributed by atoms with van der Waals surface area (Å²) in [5.41, 5.74) is 2.20. The summed E-state index contributed by atoms with van der Waals surface area (Å²) in [4.78, 5) is 16.7. The molecular weight excluding hydrogens is 347 g/mol. The number of imidazole rings is 1. The van der Waals surface area contributed by atoms with Gasteiger partial charge in [0.05, 0.1) is 17.1 Å². The lowest BCUT2D eigenvalue weighted by atomic mass is 10.0. The van der Waals surface area contributed by atoms with E-state index >= 15 is 0 Å². The molecule has 2 aromatic rings. The summed E-state index contributed by atoms with van der Waals surface area (Å²) in [7, 11) is 2.05. The van der Waals surface area contributed by atoms with Gasteiger partial charge in [0.2, 0.25) is 5.91 Å². The highest BCUT2D eigenvalue weighted by molar-refractivity contribution is 5.85. The Morgan fingerprint density at radius 2 is 2.12 bits per heavy atom. The van der Waals surface area contributed by atoms with Gasteiger partial charge in [0, 0.05) is 20.0 Å². The van der Waals surface area contributed by atoms with Crippen LogP contribution in [-0.2, 0) is 18.3 Å². The Labute approximate surface area is 155 Å². The Morgan fingerprint density at radius 1 is 1.33 bits per heavy atom. The number of nitrogens with zero attached hydrogens (tertiary/aromatic N) is 2. The molecule has 1 saturated heterocycles. The number of aromatic nitrogens is 2. The largest absolute Gasteiger partial charge is 0.355 e. The maximum Gasteiger partial charge on any atom is 0.237 e. The minimum Gasteiger partial charge on any atom is -0.355 e. The van der Waals surface area contributed by atoms with Crippen LogP contribution in [0.1, 0.15) is 31.5 Å². The molecule has 134 valence electrons. The molecule has 2 N–H and O–H groups in total. The molecule has 1 amide bonds. The van der Waals surface area contributed by atoms with Gasteiger partial charge in [0.1, 0.15) is 5.82 Å². The van der Waals surface area contributed by atoms with Crippen LogP contribution in [0.25, 0.3) is 11.0 Å². The average molecular weight is 373 g/mol. The van der Waals surface area contributed by atoms with E-state index in [9.17, 15) is 4.79 Å². The zero-order chi connectivity index (χ0) is 15.4. The quantitative estimate of drug-likeness (QED) is 0.793. The summed E-state index contributed by atoms with van der Waals surface area (Å²) in [5, 5.41) is 6.31. The van der Waals surface area contributed by atoms with E-state index in [1.807, 2.05) is 18.2 Å². The number of fused-ring (bicyclic) bond motifs is 1. The van der Waals surface area contributed by atoms with Gasteiger partial charge >= 0.3 is 0 Å². The van der Waals surface area contributed by atoms with Crippen LogP contribution in [0.2, 0.25) is 0 Å². The molecule has 0 radical (unpaired) electrons. The lowest BCUT2D eigenvalue weighted by Crippen LogP contribution is -2.46. The van der Waals surface area contributed by atoms with Crippen LogP contribution in [0.5, 0.6) is 0 Å². The lowest BCUT2D eigenvalue weighted by molar-refractivity contribution is -0.123. The van der Waals surface area contributed by atoms with Crippen molar-refractivity contribution >= 4 is 41.8 Å². The highest BCUT2D eigenvalue weighted by atomic mass is 35.5. The predicted molar refractivity (Wildman–Crippen MR) is 102 cm³/mol. The van der Waals surface area contributed by atoms with Crippen molar-refractivity contribution < 1.29 is 4.79 Å². The maximum absolute atomic E-state index is 12.0. The molecule has 2 heterocycles. The molecule has 0 unspecified atom stereocenters. The molecule has 1 aromatic carbocycles. The van der Waals surface area contributed by atoms with Crippen molar-refractivity contribution in [3.05, 3.63) is 30.1 Å². The van der Waals surface area contributed by atoms with E-state index in [2.05, 4.69) is 33.3 Å². The monoisotopic (exact) mass is 372 g/mol. The summed E-state index contributed by atoms with van der Waals surface area (Å²) in [5.74, 6) is 1.22. The van der Waals surface area contributed by atoms with Crippen molar-refractivity contribution in [2.24, 2.45) is 7.05 Å². The number of amides is 1. The van der Waals surface area contributed by atoms with Gasteiger partial charge in [-0.3, -0.25) is 4.79 Å². The number of aryl methyl sites for hydroxylation is 2. The summed E-state index contributed by atoms with van der Waals surface area (Å²) in [6.45, 7) is 1.66. The third-order valence-corrected chi connectivity index (χ3v) is 4.38. The minimum atomic E-state index is 0. The number of para-hydroxylation sites is 2. The van der Waals surface area contributed by atoms with E-state index < -0.39 is 0 Å². The molecule has 3 rings (SSSR count). The van der Waals surface area contributed by atoms with E-state index in [0.717, 1.165) is 49.1 Å². The molecule has 1 atom stereocenters. The number of halogens is 2. The molecule has 0 saturated carbocycles. The lowest BCUT2D eigenvalue weighted by Gasteiger charge is -2.22. The van der Waals surface area contributed by atoms with Crippen LogP contribution in [0.15, 0.2) is 24.3 Å². The fraction of sp³-hybridized carbons (Fsp3) is 0.529. The number of rotatable bonds is 5. The van der Waals surface area contributed by atoms with E-state index in [1.165, 1.54) is 6.42 Å². The number of nitrogens with one attached hydrogen (secondary N) is 2. The Bertz CT molecular complexity index is 653. The molecule has 0 bridgehead atoms. The minimum absolute atomic E-state index is 0. The first kappa shape index (κ1) is 20.7. The molecule has 5 nitrogen and oxygen atoms in total. The van der Waals surface area contributed by atoms with E-state index in [4.69, 9.17) is 0 Å². The van der Waals surface area contributed by atoms with Crippen LogP contribution < -0.4 is 10.6 Å². The molecule has 0 spiro atoms. The van der Waals surface area contributed by atoms with Crippen molar-refractivity contribution in [2.45, 2.75) is 38.1 Å². The molecule has 1 fully saturated rings. The van der Waals surface area contributed by atoms with Gasteiger partial charge in [-0.05, 0) is 37.9 Å². The second kappa shape index (κ2) is 9.87. The van der Waals surface area contributed by atoms with Gasteiger partial charge in [-0.1, -0.05) is 18.6 Å². The third-order valence-electron chi connectivity index (χ3n) is 4.38.